The average Bonchev–Trinajstić information content (AvgIpc) is 2.72. The van der Waals surface area contributed by atoms with Crippen LogP contribution in [0.5, 0.6) is 5.75 Å². The second kappa shape index (κ2) is 5.77. The van der Waals surface area contributed by atoms with Gasteiger partial charge in [-0.1, -0.05) is 35.3 Å². The number of nitrogens with zero attached hydrogens (tertiary/aromatic N) is 1. The summed E-state index contributed by atoms with van der Waals surface area (Å²) in [4.78, 5) is 12.1. The topological polar surface area (TPSA) is 51.2 Å². The fourth-order valence-corrected chi connectivity index (χ4v) is 2.54. The molecule has 0 radical (unpaired) electrons. The minimum atomic E-state index is -0.416. The van der Waals surface area contributed by atoms with Gasteiger partial charge < -0.3 is 10.1 Å². The number of hydrogen-bond donors (Lipinski definition) is 1. The summed E-state index contributed by atoms with van der Waals surface area (Å²) in [6.07, 6.45) is 0. The number of benzene rings is 1. The van der Waals surface area contributed by atoms with Crippen LogP contribution in [0.2, 0.25) is 9.36 Å². The van der Waals surface area contributed by atoms with Crippen molar-refractivity contribution in [1.29, 1.82) is 0 Å². The molecule has 0 atom stereocenters. The Morgan fingerprint density at radius 1 is 1.42 bits per heavy atom. The lowest BCUT2D eigenvalue weighted by Crippen LogP contribution is -2.14. The quantitative estimate of drug-likeness (QED) is 0.930. The predicted octanol–water partition coefficient (Wildman–Crippen LogP) is 4.02. The summed E-state index contributed by atoms with van der Waals surface area (Å²) in [5, 5.41) is 2.90. The van der Waals surface area contributed by atoms with E-state index in [1.165, 1.54) is 7.11 Å². The highest BCUT2D eigenvalue weighted by Crippen LogP contribution is 2.32. The Labute approximate surface area is 124 Å². The molecule has 2 aromatic rings. The second-order valence-electron chi connectivity index (χ2n) is 3.73. The third-order valence-electron chi connectivity index (χ3n) is 2.51. The number of aryl methyl sites for hydroxylation is 1. The van der Waals surface area contributed by atoms with E-state index in [2.05, 4.69) is 9.69 Å². The zero-order valence-electron chi connectivity index (χ0n) is 10.2. The number of carbonyl (C=O) groups excluding carboxylic acids is 1. The number of ether oxygens (including phenoxy) is 1. The summed E-state index contributed by atoms with van der Waals surface area (Å²) >= 11 is 12.7. The van der Waals surface area contributed by atoms with Gasteiger partial charge in [-0.25, -0.2) is 0 Å². The van der Waals surface area contributed by atoms with E-state index >= 15 is 0 Å². The van der Waals surface area contributed by atoms with Crippen LogP contribution in [-0.2, 0) is 0 Å². The van der Waals surface area contributed by atoms with Gasteiger partial charge in [-0.2, -0.15) is 4.37 Å². The van der Waals surface area contributed by atoms with Crippen LogP contribution in [0.25, 0.3) is 0 Å². The lowest BCUT2D eigenvalue weighted by molar-refractivity contribution is 0.102. The maximum absolute atomic E-state index is 12.1. The molecule has 0 saturated carbocycles. The molecule has 0 aliphatic rings. The van der Waals surface area contributed by atoms with Crippen molar-refractivity contribution in [3.63, 3.8) is 0 Å². The molecule has 2 rings (SSSR count). The monoisotopic (exact) mass is 316 g/mol. The Hall–Kier alpha value is -1.30. The summed E-state index contributed by atoms with van der Waals surface area (Å²) in [5.74, 6) is 0.159. The van der Waals surface area contributed by atoms with Gasteiger partial charge >= 0.3 is 0 Å². The van der Waals surface area contributed by atoms with E-state index in [1.807, 2.05) is 19.1 Å². The van der Waals surface area contributed by atoms with Crippen LogP contribution in [0.1, 0.15) is 16.1 Å². The molecular formula is C12H10Cl2N2O2S. The van der Waals surface area contributed by atoms with Gasteiger partial charge in [0.05, 0.1) is 12.8 Å². The Kier molecular flexibility index (Phi) is 4.29. The summed E-state index contributed by atoms with van der Waals surface area (Å²) < 4.78 is 9.42. The molecule has 0 bridgehead atoms. The van der Waals surface area contributed by atoms with Crippen LogP contribution in [0.15, 0.2) is 18.2 Å². The van der Waals surface area contributed by atoms with E-state index in [9.17, 15) is 4.79 Å². The number of anilines is 1. The van der Waals surface area contributed by atoms with Gasteiger partial charge in [0, 0.05) is 0 Å². The van der Waals surface area contributed by atoms with Gasteiger partial charge in [-0.05, 0) is 30.1 Å². The Balaban J connectivity index is 2.32. The molecule has 1 amide bonds. The Morgan fingerprint density at radius 2 is 2.16 bits per heavy atom. The Morgan fingerprint density at radius 3 is 2.74 bits per heavy atom. The largest absolute Gasteiger partial charge is 0.495 e. The van der Waals surface area contributed by atoms with Gasteiger partial charge in [-0.15, -0.1) is 0 Å². The van der Waals surface area contributed by atoms with Crippen LogP contribution in [-0.4, -0.2) is 17.4 Å². The number of halogens is 2. The van der Waals surface area contributed by atoms with Gasteiger partial charge in [0.15, 0.2) is 5.69 Å². The van der Waals surface area contributed by atoms with Crippen LogP contribution < -0.4 is 10.1 Å². The predicted molar refractivity (Wildman–Crippen MR) is 77.8 cm³/mol. The van der Waals surface area contributed by atoms with Crippen molar-refractivity contribution < 1.29 is 9.53 Å². The van der Waals surface area contributed by atoms with Crippen LogP contribution >= 0.6 is 34.7 Å². The first-order valence-corrected chi connectivity index (χ1v) is 6.83. The molecule has 1 aromatic carbocycles. The van der Waals surface area contributed by atoms with Crippen LogP contribution in [0, 0.1) is 6.92 Å². The van der Waals surface area contributed by atoms with E-state index in [0.29, 0.717) is 15.8 Å². The van der Waals surface area contributed by atoms with Crippen molar-refractivity contribution in [2.24, 2.45) is 0 Å². The molecule has 19 heavy (non-hydrogen) atoms. The number of hydrogen-bond acceptors (Lipinski definition) is 4. The van der Waals surface area contributed by atoms with Gasteiger partial charge in [0.2, 0.25) is 0 Å². The summed E-state index contributed by atoms with van der Waals surface area (Å²) in [5.41, 5.74) is 1.59. The number of amides is 1. The van der Waals surface area contributed by atoms with Crippen molar-refractivity contribution in [3.8, 4) is 5.75 Å². The highest BCUT2D eigenvalue weighted by molar-refractivity contribution is 7.11. The molecule has 1 heterocycles. The lowest BCUT2D eigenvalue weighted by Gasteiger charge is -2.12. The highest BCUT2D eigenvalue weighted by Gasteiger charge is 2.19. The van der Waals surface area contributed by atoms with E-state index in [-0.39, 0.29) is 10.7 Å². The van der Waals surface area contributed by atoms with Crippen molar-refractivity contribution in [2.75, 3.05) is 12.4 Å². The number of aromatic nitrogens is 1. The lowest BCUT2D eigenvalue weighted by atomic mass is 10.2. The fraction of sp³-hybridized carbons (Fsp3) is 0.167. The van der Waals surface area contributed by atoms with Crippen molar-refractivity contribution in [2.45, 2.75) is 6.92 Å². The molecule has 0 fully saturated rings. The van der Waals surface area contributed by atoms with E-state index < -0.39 is 5.91 Å². The zero-order chi connectivity index (χ0) is 14.0. The normalized spacial score (nSPS) is 10.3. The molecule has 4 nitrogen and oxygen atoms in total. The van der Waals surface area contributed by atoms with E-state index in [4.69, 9.17) is 27.9 Å². The minimum Gasteiger partial charge on any atom is -0.495 e. The third-order valence-corrected chi connectivity index (χ3v) is 4.12. The smallest absolute Gasteiger partial charge is 0.277 e. The second-order valence-corrected chi connectivity index (χ2v) is 5.48. The number of carbonyl (C=O) groups is 1. The van der Waals surface area contributed by atoms with Crippen molar-refractivity contribution in [3.05, 3.63) is 38.8 Å². The van der Waals surface area contributed by atoms with Crippen molar-refractivity contribution in [1.82, 2.24) is 4.37 Å². The first kappa shape index (κ1) is 14.1. The zero-order valence-corrected chi connectivity index (χ0v) is 12.5. The molecule has 1 N–H and O–H groups in total. The first-order valence-electron chi connectivity index (χ1n) is 5.30. The number of methoxy groups -OCH3 is 1. The molecule has 0 aliphatic carbocycles. The molecule has 7 heteroatoms. The average molecular weight is 317 g/mol. The SMILES string of the molecule is COc1cccc(C)c1NC(=O)c1nsc(Cl)c1Cl. The maximum Gasteiger partial charge on any atom is 0.277 e. The summed E-state index contributed by atoms with van der Waals surface area (Å²) in [6, 6.07) is 5.47. The molecular weight excluding hydrogens is 307 g/mol. The van der Waals surface area contributed by atoms with Crippen LogP contribution in [0.4, 0.5) is 5.69 Å². The molecule has 0 aliphatic heterocycles. The van der Waals surface area contributed by atoms with Crippen molar-refractivity contribution >= 4 is 46.3 Å². The van der Waals surface area contributed by atoms with E-state index in [1.54, 1.807) is 6.07 Å². The number of para-hydroxylation sites is 1. The van der Waals surface area contributed by atoms with Gasteiger partial charge in [0.1, 0.15) is 15.1 Å². The minimum absolute atomic E-state index is 0.113. The molecule has 0 unspecified atom stereocenters. The van der Waals surface area contributed by atoms with E-state index in [0.717, 1.165) is 17.1 Å². The summed E-state index contributed by atoms with van der Waals surface area (Å²) in [6.45, 7) is 1.87. The fourth-order valence-electron chi connectivity index (χ4n) is 1.54. The standard InChI is InChI=1S/C12H10Cl2N2O2S/c1-6-4-3-5-7(18-2)9(6)15-12(17)10-8(13)11(14)19-16-10/h3-5H,1-2H3,(H,15,17). The first-order chi connectivity index (χ1) is 9.04. The third kappa shape index (κ3) is 2.83. The number of nitrogens with one attached hydrogen (secondary N) is 1. The molecule has 0 saturated heterocycles. The maximum atomic E-state index is 12.1. The molecule has 100 valence electrons. The van der Waals surface area contributed by atoms with Gasteiger partial charge in [-0.3, -0.25) is 4.79 Å². The molecule has 1 aromatic heterocycles. The number of rotatable bonds is 3. The summed E-state index contributed by atoms with van der Waals surface area (Å²) in [7, 11) is 1.54. The van der Waals surface area contributed by atoms with Gasteiger partial charge in [0.25, 0.3) is 5.91 Å². The molecule has 0 spiro atoms. The Bertz CT molecular complexity index is 628. The highest BCUT2D eigenvalue weighted by atomic mass is 35.5. The van der Waals surface area contributed by atoms with Crippen LogP contribution in [0.3, 0.4) is 0 Å².